The van der Waals surface area contributed by atoms with E-state index >= 15 is 0 Å². The summed E-state index contributed by atoms with van der Waals surface area (Å²) in [5, 5.41) is 7.30. The van der Waals surface area contributed by atoms with E-state index < -0.39 is 0 Å². The van der Waals surface area contributed by atoms with Gasteiger partial charge in [-0.2, -0.15) is 0 Å². The van der Waals surface area contributed by atoms with Gasteiger partial charge in [0.2, 0.25) is 0 Å². The Kier molecular flexibility index (Phi) is 7.40. The van der Waals surface area contributed by atoms with Crippen LogP contribution in [0.15, 0.2) is 211 Å². The van der Waals surface area contributed by atoms with Crippen molar-refractivity contribution in [2.24, 2.45) is 0 Å². The fourth-order valence-corrected chi connectivity index (χ4v) is 10.3. The van der Waals surface area contributed by atoms with Gasteiger partial charge >= 0.3 is 0 Å². The molecule has 0 saturated heterocycles. The summed E-state index contributed by atoms with van der Waals surface area (Å²) in [6.07, 6.45) is 0. The van der Waals surface area contributed by atoms with E-state index in [-0.39, 0.29) is 0 Å². The first-order chi connectivity index (χ1) is 28.8. The number of nitrogens with zero attached hydrogens (tertiary/aromatic N) is 2. The SMILES string of the molecule is c1ccc(N(c2ccccc2-c2cccc3c2oc2ccccc23)c2ccc3c(sc4ccccc43)c2-c2ccc(-n3c4ccccc4c4ccccc43)cc2)cc1. The van der Waals surface area contributed by atoms with Crippen LogP contribution in [0.1, 0.15) is 0 Å². The third-order valence-electron chi connectivity index (χ3n) is 11.6. The number of aromatic nitrogens is 1. The molecule has 3 aromatic heterocycles. The molecule has 58 heavy (non-hydrogen) atoms. The molecule has 4 heteroatoms. The molecule has 0 aliphatic rings. The Morgan fingerprint density at radius 1 is 0.414 bits per heavy atom. The lowest BCUT2D eigenvalue weighted by Gasteiger charge is -2.30. The summed E-state index contributed by atoms with van der Waals surface area (Å²) in [6, 6.07) is 74.4. The van der Waals surface area contributed by atoms with Crippen LogP contribution in [0.2, 0.25) is 0 Å². The standard InChI is InChI=1S/C54H34N2OS/c1-2-15-36(16-3-1)56(48-26-11-6-19-40(48)43-22-14-23-44-41-20-7-12-27-50(41)57-53(43)44)49-34-33-45-42-21-8-13-28-51(42)58-54(45)52(49)35-29-31-37(32-30-35)55-46-24-9-4-17-38(46)39-18-5-10-25-47(39)55/h1-34H. The number of furan rings is 1. The van der Waals surface area contributed by atoms with Gasteiger partial charge in [0.05, 0.1) is 22.4 Å². The van der Waals surface area contributed by atoms with E-state index in [1.807, 2.05) is 17.4 Å². The number of benzene rings is 9. The molecule has 0 saturated carbocycles. The lowest BCUT2D eigenvalue weighted by Crippen LogP contribution is -2.12. The minimum absolute atomic E-state index is 0.893. The molecule has 9 aromatic carbocycles. The molecule has 3 heterocycles. The van der Waals surface area contributed by atoms with E-state index in [0.717, 1.165) is 61.4 Å². The van der Waals surface area contributed by atoms with Crippen LogP contribution in [-0.4, -0.2) is 4.57 Å². The molecule has 0 unspecified atom stereocenters. The first-order valence-electron chi connectivity index (χ1n) is 19.7. The zero-order valence-corrected chi connectivity index (χ0v) is 32.2. The molecule has 272 valence electrons. The third kappa shape index (κ3) is 4.99. The monoisotopic (exact) mass is 758 g/mol. The molecular formula is C54H34N2OS. The minimum atomic E-state index is 0.893. The van der Waals surface area contributed by atoms with E-state index in [9.17, 15) is 0 Å². The van der Waals surface area contributed by atoms with Crippen LogP contribution in [0, 0.1) is 0 Å². The topological polar surface area (TPSA) is 21.3 Å². The number of para-hydroxylation sites is 6. The van der Waals surface area contributed by atoms with Crippen LogP contribution in [0.25, 0.3) is 91.9 Å². The second kappa shape index (κ2) is 13.1. The molecule has 0 spiro atoms. The zero-order chi connectivity index (χ0) is 38.2. The molecule has 0 bridgehead atoms. The predicted molar refractivity (Wildman–Crippen MR) is 247 cm³/mol. The van der Waals surface area contributed by atoms with Crippen molar-refractivity contribution in [3.8, 4) is 27.9 Å². The summed E-state index contributed by atoms with van der Waals surface area (Å²) in [5.74, 6) is 0. The smallest absolute Gasteiger partial charge is 0.143 e. The maximum absolute atomic E-state index is 6.65. The lowest BCUT2D eigenvalue weighted by molar-refractivity contribution is 0.670. The van der Waals surface area contributed by atoms with Crippen molar-refractivity contribution in [2.45, 2.75) is 0 Å². The Balaban J connectivity index is 1.11. The first kappa shape index (κ1) is 32.8. The molecule has 0 N–H and O–H groups in total. The van der Waals surface area contributed by atoms with Gasteiger partial charge in [0.1, 0.15) is 11.2 Å². The van der Waals surface area contributed by atoms with Gasteiger partial charge in [-0.25, -0.2) is 0 Å². The van der Waals surface area contributed by atoms with Crippen LogP contribution in [0.3, 0.4) is 0 Å². The van der Waals surface area contributed by atoms with E-state index in [4.69, 9.17) is 4.42 Å². The third-order valence-corrected chi connectivity index (χ3v) is 12.8. The Bertz CT molecular complexity index is 3460. The largest absolute Gasteiger partial charge is 0.455 e. The number of hydrogen-bond donors (Lipinski definition) is 0. The van der Waals surface area contributed by atoms with E-state index in [1.54, 1.807) is 0 Å². The van der Waals surface area contributed by atoms with Crippen LogP contribution in [-0.2, 0) is 0 Å². The van der Waals surface area contributed by atoms with Crippen LogP contribution >= 0.6 is 11.3 Å². The number of thiophene rings is 1. The molecule has 3 nitrogen and oxygen atoms in total. The molecule has 0 radical (unpaired) electrons. The summed E-state index contributed by atoms with van der Waals surface area (Å²) >= 11 is 1.87. The Hall–Kier alpha value is -7.40. The Labute approximate surface area is 338 Å². The van der Waals surface area contributed by atoms with Crippen LogP contribution in [0.5, 0.6) is 0 Å². The van der Waals surface area contributed by atoms with E-state index in [2.05, 4.69) is 210 Å². The van der Waals surface area contributed by atoms with Crippen LogP contribution < -0.4 is 4.90 Å². The van der Waals surface area contributed by atoms with Crippen molar-refractivity contribution < 1.29 is 4.42 Å². The highest BCUT2D eigenvalue weighted by Crippen LogP contribution is 2.51. The second-order valence-corrected chi connectivity index (χ2v) is 15.9. The molecule has 0 atom stereocenters. The molecule has 0 amide bonds. The fourth-order valence-electron chi connectivity index (χ4n) is 9.06. The number of hydrogen-bond acceptors (Lipinski definition) is 3. The molecular weight excluding hydrogens is 725 g/mol. The summed E-state index contributed by atoms with van der Waals surface area (Å²) in [4.78, 5) is 2.44. The van der Waals surface area contributed by atoms with Gasteiger partial charge in [-0.3, -0.25) is 0 Å². The molecule has 12 aromatic rings. The Morgan fingerprint density at radius 2 is 1.03 bits per heavy atom. The van der Waals surface area contributed by atoms with Gasteiger partial charge in [-0.15, -0.1) is 11.3 Å². The quantitative estimate of drug-likeness (QED) is 0.168. The normalized spacial score (nSPS) is 11.8. The van der Waals surface area contributed by atoms with Crippen molar-refractivity contribution in [1.82, 2.24) is 4.57 Å². The van der Waals surface area contributed by atoms with Crippen molar-refractivity contribution in [1.29, 1.82) is 0 Å². The number of anilines is 3. The van der Waals surface area contributed by atoms with Crippen molar-refractivity contribution in [2.75, 3.05) is 4.90 Å². The van der Waals surface area contributed by atoms with Crippen molar-refractivity contribution in [3.63, 3.8) is 0 Å². The maximum atomic E-state index is 6.65. The predicted octanol–water partition coefficient (Wildman–Crippen LogP) is 15.9. The fraction of sp³-hybridized carbons (Fsp3) is 0. The molecule has 0 fully saturated rings. The van der Waals surface area contributed by atoms with Crippen molar-refractivity contribution in [3.05, 3.63) is 206 Å². The lowest BCUT2D eigenvalue weighted by atomic mass is 9.96. The van der Waals surface area contributed by atoms with Gasteiger partial charge in [-0.1, -0.05) is 146 Å². The first-order valence-corrected chi connectivity index (χ1v) is 20.5. The summed E-state index contributed by atoms with van der Waals surface area (Å²) < 4.78 is 11.6. The summed E-state index contributed by atoms with van der Waals surface area (Å²) in [6.45, 7) is 0. The van der Waals surface area contributed by atoms with Gasteiger partial charge in [0.25, 0.3) is 0 Å². The molecule has 0 aliphatic carbocycles. The highest BCUT2D eigenvalue weighted by Gasteiger charge is 2.25. The minimum Gasteiger partial charge on any atom is -0.455 e. The van der Waals surface area contributed by atoms with Gasteiger partial charge in [0.15, 0.2) is 0 Å². The molecule has 0 aliphatic heterocycles. The number of rotatable bonds is 6. The van der Waals surface area contributed by atoms with E-state index in [0.29, 0.717) is 0 Å². The maximum Gasteiger partial charge on any atom is 0.143 e. The average molecular weight is 759 g/mol. The zero-order valence-electron chi connectivity index (χ0n) is 31.3. The molecule has 12 rings (SSSR count). The van der Waals surface area contributed by atoms with Gasteiger partial charge < -0.3 is 13.9 Å². The highest BCUT2D eigenvalue weighted by atomic mass is 32.1. The van der Waals surface area contributed by atoms with E-state index in [1.165, 1.54) is 47.5 Å². The summed E-state index contributed by atoms with van der Waals surface area (Å²) in [5.41, 5.74) is 13.1. The highest BCUT2D eigenvalue weighted by molar-refractivity contribution is 7.26. The van der Waals surface area contributed by atoms with Crippen LogP contribution in [0.4, 0.5) is 17.1 Å². The number of fused-ring (bicyclic) bond motifs is 9. The average Bonchev–Trinajstić information content (AvgIpc) is 3.97. The van der Waals surface area contributed by atoms with Gasteiger partial charge in [0, 0.05) is 69.8 Å². The summed E-state index contributed by atoms with van der Waals surface area (Å²) in [7, 11) is 0. The van der Waals surface area contributed by atoms with Crippen molar-refractivity contribution >= 4 is 92.3 Å². The Morgan fingerprint density at radius 3 is 1.83 bits per heavy atom. The second-order valence-electron chi connectivity index (χ2n) is 14.8. The van der Waals surface area contributed by atoms with Gasteiger partial charge in [-0.05, 0) is 66.2 Å².